The summed E-state index contributed by atoms with van der Waals surface area (Å²) in [6, 6.07) is 6.31. The summed E-state index contributed by atoms with van der Waals surface area (Å²) in [6.45, 7) is 2.10. The largest absolute Gasteiger partial charge is 0.352 e. The Bertz CT molecular complexity index is 916. The maximum Gasteiger partial charge on any atom is 0.317 e. The van der Waals surface area contributed by atoms with E-state index in [1.165, 1.54) is 18.4 Å². The van der Waals surface area contributed by atoms with Crippen molar-refractivity contribution in [1.29, 1.82) is 0 Å². The fourth-order valence-electron chi connectivity index (χ4n) is 5.30. The van der Waals surface area contributed by atoms with Crippen LogP contribution < -0.4 is 16.0 Å². The van der Waals surface area contributed by atoms with Gasteiger partial charge in [0.15, 0.2) is 5.81 Å². The van der Waals surface area contributed by atoms with Gasteiger partial charge in [0.1, 0.15) is 12.1 Å². The van der Waals surface area contributed by atoms with Gasteiger partial charge in [-0.05, 0) is 43.2 Å². The van der Waals surface area contributed by atoms with Crippen LogP contribution in [-0.2, 0) is 22.4 Å². The number of nitrogens with zero attached hydrogens (tertiary/aromatic N) is 2. The number of amides is 5. The molecule has 0 saturated carbocycles. The Balaban J connectivity index is 1.49. The average molecular weight is 452 g/mol. The molecule has 2 saturated heterocycles. The zero-order valence-electron chi connectivity index (χ0n) is 19.2. The third-order valence-electron chi connectivity index (χ3n) is 6.97. The number of fused-ring (bicyclic) bond motifs is 2. The number of hydrogen-bond acceptors (Lipinski definition) is 4. The number of rotatable bonds is 4. The molecule has 2 aliphatic heterocycles. The normalized spacial score (nSPS) is 24.9. The topological polar surface area (TPSA) is 111 Å². The van der Waals surface area contributed by atoms with Gasteiger partial charge in [0.05, 0.1) is 6.54 Å². The third kappa shape index (κ3) is 4.84. The van der Waals surface area contributed by atoms with E-state index in [1.807, 2.05) is 12.1 Å². The number of urea groups is 1. The van der Waals surface area contributed by atoms with Gasteiger partial charge in [0, 0.05) is 25.7 Å². The highest BCUT2D eigenvalue weighted by Gasteiger charge is 2.45. The minimum absolute atomic E-state index is 0.0211. The molecule has 3 aliphatic rings. The van der Waals surface area contributed by atoms with Crippen LogP contribution in [0, 0.1) is 0 Å². The van der Waals surface area contributed by atoms with Crippen molar-refractivity contribution >= 4 is 30.9 Å². The highest BCUT2D eigenvalue weighted by molar-refractivity contribution is 6.72. The van der Waals surface area contributed by atoms with E-state index in [1.54, 1.807) is 23.7 Å². The molecule has 0 aromatic heterocycles. The van der Waals surface area contributed by atoms with Gasteiger partial charge >= 0.3 is 6.03 Å². The smallest absolute Gasteiger partial charge is 0.317 e. The minimum atomic E-state index is -0.905. The number of hydrogen-bond donors (Lipinski definition) is 3. The second kappa shape index (κ2) is 9.85. The lowest BCUT2D eigenvalue weighted by Gasteiger charge is -2.38. The molecule has 9 nitrogen and oxygen atoms in total. The van der Waals surface area contributed by atoms with Crippen LogP contribution in [0.25, 0.3) is 0 Å². The lowest BCUT2D eigenvalue weighted by atomic mass is 9.81. The molecule has 1 aromatic carbocycles. The molecule has 1 aliphatic carbocycles. The van der Waals surface area contributed by atoms with Gasteiger partial charge in [-0.2, -0.15) is 0 Å². The molecule has 1 aromatic rings. The van der Waals surface area contributed by atoms with Crippen molar-refractivity contribution in [3.63, 3.8) is 0 Å². The maximum atomic E-state index is 13.6. The van der Waals surface area contributed by atoms with E-state index < -0.39 is 12.1 Å². The fourth-order valence-corrected chi connectivity index (χ4v) is 5.30. The van der Waals surface area contributed by atoms with Crippen LogP contribution in [0.3, 0.4) is 0 Å². The first kappa shape index (κ1) is 23.1. The van der Waals surface area contributed by atoms with Crippen molar-refractivity contribution in [1.82, 2.24) is 25.8 Å². The molecular weight excluding hydrogens is 421 g/mol. The van der Waals surface area contributed by atoms with Crippen LogP contribution in [0.5, 0.6) is 0 Å². The van der Waals surface area contributed by atoms with Gasteiger partial charge in [0.25, 0.3) is 0 Å². The highest BCUT2D eigenvalue weighted by Crippen LogP contribution is 2.30. The molecular formula is C23H31BN5O4. The molecule has 0 bridgehead atoms. The average Bonchev–Trinajstić information content (AvgIpc) is 3.42. The summed E-state index contributed by atoms with van der Waals surface area (Å²) in [4.78, 5) is 54.5. The Kier molecular flexibility index (Phi) is 6.90. The molecule has 3 atom stereocenters. The number of carbonyl (C=O) groups excluding carboxylic acids is 4. The lowest BCUT2D eigenvalue weighted by Crippen LogP contribution is -2.62. The van der Waals surface area contributed by atoms with E-state index in [2.05, 4.69) is 28.1 Å². The Labute approximate surface area is 194 Å². The molecule has 2 heterocycles. The van der Waals surface area contributed by atoms with Crippen molar-refractivity contribution in [2.45, 2.75) is 63.1 Å². The minimum Gasteiger partial charge on any atom is -0.352 e. The van der Waals surface area contributed by atoms with Crippen molar-refractivity contribution in [2.75, 3.05) is 20.1 Å². The van der Waals surface area contributed by atoms with E-state index in [-0.39, 0.29) is 42.3 Å². The van der Waals surface area contributed by atoms with E-state index in [4.69, 9.17) is 0 Å². The van der Waals surface area contributed by atoms with E-state index in [0.717, 1.165) is 12.8 Å². The number of carbonyl (C=O) groups is 4. The Morgan fingerprint density at radius 2 is 1.73 bits per heavy atom. The van der Waals surface area contributed by atoms with Gasteiger partial charge < -0.3 is 25.8 Å². The van der Waals surface area contributed by atoms with Crippen LogP contribution in [0.15, 0.2) is 24.3 Å². The summed E-state index contributed by atoms with van der Waals surface area (Å²) in [5.41, 5.74) is 2.50. The first-order valence-electron chi connectivity index (χ1n) is 11.7. The molecule has 10 heteroatoms. The maximum absolute atomic E-state index is 13.6. The molecule has 3 N–H and O–H groups in total. The second-order valence-corrected chi connectivity index (χ2v) is 9.01. The predicted molar refractivity (Wildman–Crippen MR) is 124 cm³/mol. The van der Waals surface area contributed by atoms with Crippen LogP contribution >= 0.6 is 0 Å². The number of benzene rings is 1. The zero-order valence-corrected chi connectivity index (χ0v) is 19.2. The molecule has 175 valence electrons. The van der Waals surface area contributed by atoms with Crippen LogP contribution in [0.4, 0.5) is 9.59 Å². The van der Waals surface area contributed by atoms with Gasteiger partial charge in [-0.25, -0.2) is 4.79 Å². The van der Waals surface area contributed by atoms with E-state index >= 15 is 0 Å². The van der Waals surface area contributed by atoms with Gasteiger partial charge in [-0.15, -0.1) is 0 Å². The summed E-state index contributed by atoms with van der Waals surface area (Å²) >= 11 is 0. The van der Waals surface area contributed by atoms with Crippen LogP contribution in [0.1, 0.15) is 30.4 Å². The summed E-state index contributed by atoms with van der Waals surface area (Å²) in [6.07, 6.45) is 3.44. The van der Waals surface area contributed by atoms with Gasteiger partial charge in [-0.1, -0.05) is 31.1 Å². The first-order valence-corrected chi connectivity index (χ1v) is 11.7. The van der Waals surface area contributed by atoms with Crippen molar-refractivity contribution < 1.29 is 19.2 Å². The zero-order chi connectivity index (χ0) is 23.5. The molecule has 4 rings (SSSR count). The SMILES string of the molecule is C[B]C(=O)NC1CN(C(=O)NC)CCC2CCC(C(=O)NC3Cc4ccccc4C3)N2C1=O. The molecule has 1 radical (unpaired) electrons. The molecule has 3 unspecified atom stereocenters. The monoisotopic (exact) mass is 452 g/mol. The summed E-state index contributed by atoms with van der Waals surface area (Å²) < 4.78 is 0. The van der Waals surface area contributed by atoms with Crippen molar-refractivity contribution in [2.24, 2.45) is 0 Å². The van der Waals surface area contributed by atoms with E-state index in [9.17, 15) is 19.2 Å². The lowest BCUT2D eigenvalue weighted by molar-refractivity contribution is -0.143. The first-order chi connectivity index (χ1) is 15.9. The third-order valence-corrected chi connectivity index (χ3v) is 6.97. The second-order valence-electron chi connectivity index (χ2n) is 9.01. The van der Waals surface area contributed by atoms with Crippen LogP contribution in [0.2, 0.25) is 6.82 Å². The van der Waals surface area contributed by atoms with Gasteiger partial charge in [-0.3, -0.25) is 14.4 Å². The summed E-state index contributed by atoms with van der Waals surface area (Å²) in [5, 5.41) is 8.47. The standard InChI is InChI=1S/C23H31BN5O4/c1-24-22(32)27-18-13-28(23(33)25-2)10-9-17-7-8-19(29(17)21(18)31)20(30)26-16-11-14-5-3-4-6-15(14)12-16/h3-6,16-19H,7-13H2,1-2H3,(H,25,33)(H,26,30)(H,27,32). The predicted octanol–water partition coefficient (Wildman–Crippen LogP) is 0.505. The fraction of sp³-hybridized carbons (Fsp3) is 0.565. The van der Waals surface area contributed by atoms with Crippen molar-refractivity contribution in [3.05, 3.63) is 35.4 Å². The summed E-state index contributed by atoms with van der Waals surface area (Å²) in [5.74, 6) is -0.832. The quantitative estimate of drug-likeness (QED) is 0.578. The molecule has 2 fully saturated rings. The van der Waals surface area contributed by atoms with Gasteiger partial charge in [0.2, 0.25) is 19.1 Å². The number of nitrogens with one attached hydrogen (secondary N) is 3. The molecule has 33 heavy (non-hydrogen) atoms. The molecule has 0 spiro atoms. The Hall–Kier alpha value is -3.04. The van der Waals surface area contributed by atoms with E-state index in [0.29, 0.717) is 25.8 Å². The summed E-state index contributed by atoms with van der Waals surface area (Å²) in [7, 11) is 2.89. The Morgan fingerprint density at radius 1 is 1.03 bits per heavy atom. The van der Waals surface area contributed by atoms with Crippen LogP contribution in [-0.4, -0.2) is 85.0 Å². The highest BCUT2D eigenvalue weighted by atomic mass is 16.2. The van der Waals surface area contributed by atoms with Crippen molar-refractivity contribution in [3.8, 4) is 0 Å². The molecule has 5 amide bonds. The Morgan fingerprint density at radius 3 is 2.36 bits per heavy atom.